The summed E-state index contributed by atoms with van der Waals surface area (Å²) in [5, 5.41) is 4.21. The maximum Gasteiger partial charge on any atom is 0.273 e. The first-order valence-corrected chi connectivity index (χ1v) is 8.25. The number of nitrogens with one attached hydrogen (secondary N) is 2. The maximum absolute atomic E-state index is 12.4. The first-order valence-electron chi connectivity index (χ1n) is 7.46. The van der Waals surface area contributed by atoms with Crippen LogP contribution in [0.5, 0.6) is 0 Å². The number of amides is 2. The van der Waals surface area contributed by atoms with Gasteiger partial charge in [0.25, 0.3) is 5.91 Å². The standard InChI is InChI=1S/C18H16BrN3O2/c1-12-3-2-4-15(11-12)22-17(23)10-9-16(21-22)18(24)20-14-7-5-13(19)6-8-14/h2-9,11,21H,10H2,1H3,(H,20,24). The lowest BCUT2D eigenvalue weighted by Gasteiger charge is -2.28. The molecule has 3 rings (SSSR count). The predicted molar refractivity (Wildman–Crippen MR) is 97.3 cm³/mol. The zero-order valence-electron chi connectivity index (χ0n) is 13.0. The Bertz CT molecular complexity index is 815. The van der Waals surface area contributed by atoms with Gasteiger partial charge in [-0.15, -0.1) is 0 Å². The Kier molecular flexibility index (Phi) is 4.66. The second-order valence-electron chi connectivity index (χ2n) is 5.46. The van der Waals surface area contributed by atoms with Gasteiger partial charge in [0.05, 0.1) is 5.69 Å². The van der Waals surface area contributed by atoms with Gasteiger partial charge in [-0.05, 0) is 55.0 Å². The number of carbonyl (C=O) groups is 2. The molecule has 0 bridgehead atoms. The number of rotatable bonds is 3. The molecule has 5 nitrogen and oxygen atoms in total. The first-order chi connectivity index (χ1) is 11.5. The molecule has 2 aromatic rings. The molecule has 0 aromatic heterocycles. The van der Waals surface area contributed by atoms with E-state index >= 15 is 0 Å². The molecule has 1 heterocycles. The van der Waals surface area contributed by atoms with Crippen LogP contribution in [-0.4, -0.2) is 11.8 Å². The first kappa shape index (κ1) is 16.3. The van der Waals surface area contributed by atoms with Crippen molar-refractivity contribution in [3.8, 4) is 0 Å². The molecule has 0 atom stereocenters. The van der Waals surface area contributed by atoms with Crippen LogP contribution in [0.2, 0.25) is 0 Å². The van der Waals surface area contributed by atoms with Crippen molar-refractivity contribution in [2.75, 3.05) is 10.3 Å². The molecule has 2 N–H and O–H groups in total. The number of nitrogens with zero attached hydrogens (tertiary/aromatic N) is 1. The number of carbonyl (C=O) groups excluding carboxylic acids is 2. The Morgan fingerprint density at radius 3 is 2.67 bits per heavy atom. The molecule has 2 amide bonds. The number of benzene rings is 2. The second-order valence-corrected chi connectivity index (χ2v) is 6.38. The molecule has 0 radical (unpaired) electrons. The third kappa shape index (κ3) is 3.65. The van der Waals surface area contributed by atoms with E-state index in [1.807, 2.05) is 43.3 Å². The summed E-state index contributed by atoms with van der Waals surface area (Å²) in [6.45, 7) is 1.95. The molecular weight excluding hydrogens is 370 g/mol. The molecule has 0 saturated carbocycles. The summed E-state index contributed by atoms with van der Waals surface area (Å²) in [5.74, 6) is -0.400. The predicted octanol–water partition coefficient (Wildman–Crippen LogP) is 3.52. The average molecular weight is 386 g/mol. The number of aryl methyl sites for hydroxylation is 1. The normalized spacial score (nSPS) is 14.0. The van der Waals surface area contributed by atoms with Crippen LogP contribution in [0, 0.1) is 6.92 Å². The van der Waals surface area contributed by atoms with Crippen LogP contribution < -0.4 is 15.8 Å². The monoisotopic (exact) mass is 385 g/mol. The van der Waals surface area contributed by atoms with Crippen molar-refractivity contribution in [3.63, 3.8) is 0 Å². The van der Waals surface area contributed by atoms with Crippen molar-refractivity contribution in [2.45, 2.75) is 13.3 Å². The highest BCUT2D eigenvalue weighted by Gasteiger charge is 2.24. The van der Waals surface area contributed by atoms with Crippen molar-refractivity contribution in [2.24, 2.45) is 0 Å². The summed E-state index contributed by atoms with van der Waals surface area (Å²) in [4.78, 5) is 24.6. The van der Waals surface area contributed by atoms with Crippen LogP contribution in [0.25, 0.3) is 0 Å². The summed E-state index contributed by atoms with van der Waals surface area (Å²) in [6, 6.07) is 14.8. The summed E-state index contributed by atoms with van der Waals surface area (Å²) in [6.07, 6.45) is 1.77. The van der Waals surface area contributed by atoms with Gasteiger partial charge in [-0.25, -0.2) is 5.01 Å². The minimum Gasteiger partial charge on any atom is -0.321 e. The topological polar surface area (TPSA) is 61.4 Å². The molecular formula is C18H16BrN3O2. The number of hydrazine groups is 1. The minimum absolute atomic E-state index is 0.110. The second kappa shape index (κ2) is 6.88. The molecule has 1 aliphatic rings. The van der Waals surface area contributed by atoms with Crippen LogP contribution in [0.1, 0.15) is 12.0 Å². The van der Waals surface area contributed by atoms with E-state index in [1.54, 1.807) is 18.2 Å². The van der Waals surface area contributed by atoms with Gasteiger partial charge in [-0.2, -0.15) is 0 Å². The molecule has 0 spiro atoms. The molecule has 6 heteroatoms. The quantitative estimate of drug-likeness (QED) is 0.849. The van der Waals surface area contributed by atoms with E-state index in [4.69, 9.17) is 0 Å². The number of halogens is 1. The Morgan fingerprint density at radius 1 is 1.21 bits per heavy atom. The van der Waals surface area contributed by atoms with Crippen molar-refractivity contribution >= 4 is 39.1 Å². The fraction of sp³-hybridized carbons (Fsp3) is 0.111. The molecule has 24 heavy (non-hydrogen) atoms. The van der Waals surface area contributed by atoms with Crippen molar-refractivity contribution in [1.29, 1.82) is 0 Å². The van der Waals surface area contributed by atoms with E-state index in [9.17, 15) is 9.59 Å². The van der Waals surface area contributed by atoms with Gasteiger partial charge in [-0.1, -0.05) is 28.1 Å². The highest BCUT2D eigenvalue weighted by Crippen LogP contribution is 2.20. The lowest BCUT2D eigenvalue weighted by atomic mass is 10.2. The fourth-order valence-corrected chi connectivity index (χ4v) is 2.62. The summed E-state index contributed by atoms with van der Waals surface area (Å²) < 4.78 is 0.937. The zero-order valence-corrected chi connectivity index (χ0v) is 14.6. The van der Waals surface area contributed by atoms with Gasteiger partial charge in [0.2, 0.25) is 5.91 Å². The highest BCUT2D eigenvalue weighted by molar-refractivity contribution is 9.10. The van der Waals surface area contributed by atoms with Crippen LogP contribution >= 0.6 is 15.9 Å². The minimum atomic E-state index is -0.289. The average Bonchev–Trinajstić information content (AvgIpc) is 2.57. The van der Waals surface area contributed by atoms with Gasteiger partial charge in [-0.3, -0.25) is 15.0 Å². The third-order valence-corrected chi connectivity index (χ3v) is 4.10. The maximum atomic E-state index is 12.4. The van der Waals surface area contributed by atoms with Crippen molar-refractivity contribution in [3.05, 3.63) is 70.3 Å². The lowest BCUT2D eigenvalue weighted by molar-refractivity contribution is -0.119. The molecule has 0 unspecified atom stereocenters. The Hall–Kier alpha value is -2.60. The SMILES string of the molecule is Cc1cccc(N2NC(C(=O)Nc3ccc(Br)cc3)=CCC2=O)c1. The summed E-state index contributed by atoms with van der Waals surface area (Å²) in [5.41, 5.74) is 5.68. The van der Waals surface area contributed by atoms with E-state index in [0.29, 0.717) is 17.1 Å². The molecule has 2 aromatic carbocycles. The van der Waals surface area contributed by atoms with Crippen molar-refractivity contribution in [1.82, 2.24) is 5.43 Å². The third-order valence-electron chi connectivity index (χ3n) is 3.57. The Morgan fingerprint density at radius 2 is 1.96 bits per heavy atom. The van der Waals surface area contributed by atoms with Crippen LogP contribution in [0.15, 0.2) is 64.8 Å². The summed E-state index contributed by atoms with van der Waals surface area (Å²) in [7, 11) is 0. The fourth-order valence-electron chi connectivity index (χ4n) is 2.36. The molecule has 0 aliphatic carbocycles. The van der Waals surface area contributed by atoms with Crippen LogP contribution in [0.4, 0.5) is 11.4 Å². The number of anilines is 2. The van der Waals surface area contributed by atoms with E-state index in [1.165, 1.54) is 5.01 Å². The number of hydrogen-bond acceptors (Lipinski definition) is 3. The molecule has 0 saturated heterocycles. The lowest BCUT2D eigenvalue weighted by Crippen LogP contribution is -2.47. The van der Waals surface area contributed by atoms with E-state index in [0.717, 1.165) is 10.0 Å². The van der Waals surface area contributed by atoms with Gasteiger partial charge in [0.1, 0.15) is 5.70 Å². The van der Waals surface area contributed by atoms with Gasteiger partial charge in [0.15, 0.2) is 0 Å². The Balaban J connectivity index is 1.75. The van der Waals surface area contributed by atoms with Gasteiger partial charge in [0, 0.05) is 16.6 Å². The highest BCUT2D eigenvalue weighted by atomic mass is 79.9. The van der Waals surface area contributed by atoms with E-state index < -0.39 is 0 Å². The largest absolute Gasteiger partial charge is 0.321 e. The van der Waals surface area contributed by atoms with Gasteiger partial charge < -0.3 is 5.32 Å². The van der Waals surface area contributed by atoms with Gasteiger partial charge >= 0.3 is 0 Å². The molecule has 122 valence electrons. The van der Waals surface area contributed by atoms with Crippen LogP contribution in [-0.2, 0) is 9.59 Å². The Labute approximate surface area is 148 Å². The van der Waals surface area contributed by atoms with Crippen LogP contribution in [0.3, 0.4) is 0 Å². The van der Waals surface area contributed by atoms with E-state index in [-0.39, 0.29) is 18.2 Å². The summed E-state index contributed by atoms with van der Waals surface area (Å²) >= 11 is 3.35. The van der Waals surface area contributed by atoms with Crippen molar-refractivity contribution < 1.29 is 9.59 Å². The van der Waals surface area contributed by atoms with E-state index in [2.05, 4.69) is 26.7 Å². The molecule has 0 fully saturated rings. The smallest absolute Gasteiger partial charge is 0.273 e. The zero-order chi connectivity index (χ0) is 17.1. The molecule has 1 aliphatic heterocycles. The number of hydrogen-bond donors (Lipinski definition) is 2.